The molecule has 3 nitrogen and oxygen atoms in total. The van der Waals surface area contributed by atoms with Crippen LogP contribution in [0.25, 0.3) is 0 Å². The number of hydrogen-bond acceptors (Lipinski definition) is 4. The van der Waals surface area contributed by atoms with E-state index >= 15 is 0 Å². The molecule has 0 bridgehead atoms. The van der Waals surface area contributed by atoms with Crippen LogP contribution in [-0.2, 0) is 14.3 Å². The predicted octanol–water partition coefficient (Wildman–Crippen LogP) is 2.16. The Bertz CT molecular complexity index is 181. The van der Waals surface area contributed by atoms with Gasteiger partial charge in [0.1, 0.15) is 11.9 Å². The van der Waals surface area contributed by atoms with Gasteiger partial charge in [-0.05, 0) is 11.8 Å². The van der Waals surface area contributed by atoms with Gasteiger partial charge in [0.05, 0.1) is 6.61 Å². The van der Waals surface area contributed by atoms with Gasteiger partial charge in [0, 0.05) is 6.61 Å². The van der Waals surface area contributed by atoms with Crippen molar-refractivity contribution in [2.24, 2.45) is 11.8 Å². The van der Waals surface area contributed by atoms with Crippen molar-refractivity contribution in [1.82, 2.24) is 0 Å². The summed E-state index contributed by atoms with van der Waals surface area (Å²) in [5.74, 6) is 0.438. The molecule has 0 aliphatic carbocycles. The molecule has 0 aliphatic heterocycles. The van der Waals surface area contributed by atoms with Gasteiger partial charge in [-0.2, -0.15) is 12.6 Å². The molecule has 0 saturated carbocycles. The molecule has 0 aromatic rings. The second-order valence-corrected chi connectivity index (χ2v) is 4.88. The summed E-state index contributed by atoms with van der Waals surface area (Å²) in [7, 11) is 0. The van der Waals surface area contributed by atoms with Crippen LogP contribution in [-0.4, -0.2) is 31.0 Å². The lowest BCUT2D eigenvalue weighted by Gasteiger charge is -2.14. The minimum absolute atomic E-state index is 0.192. The largest absolute Gasteiger partial charge is 0.462 e. The van der Waals surface area contributed by atoms with E-state index in [0.29, 0.717) is 25.7 Å². The molecule has 4 heteroatoms. The SMILES string of the molecule is CC(C)COCCOC(=O)C(S)C(C)C. The Kier molecular flexibility index (Phi) is 7.88. The molecule has 0 fully saturated rings. The van der Waals surface area contributed by atoms with Gasteiger partial charge in [0.2, 0.25) is 0 Å². The molecular formula is C11H22O3S. The number of carbonyl (C=O) groups excluding carboxylic acids is 1. The average molecular weight is 234 g/mol. The quantitative estimate of drug-likeness (QED) is 0.416. The molecule has 0 aliphatic rings. The van der Waals surface area contributed by atoms with Crippen LogP contribution in [0.5, 0.6) is 0 Å². The lowest BCUT2D eigenvalue weighted by Crippen LogP contribution is -2.24. The van der Waals surface area contributed by atoms with Crippen LogP contribution in [0.15, 0.2) is 0 Å². The molecule has 0 amide bonds. The maximum absolute atomic E-state index is 11.3. The van der Waals surface area contributed by atoms with Crippen LogP contribution in [0.2, 0.25) is 0 Å². The molecule has 1 unspecified atom stereocenters. The summed E-state index contributed by atoms with van der Waals surface area (Å²) in [4.78, 5) is 11.3. The van der Waals surface area contributed by atoms with E-state index in [1.54, 1.807) is 0 Å². The van der Waals surface area contributed by atoms with E-state index in [2.05, 4.69) is 26.5 Å². The zero-order chi connectivity index (χ0) is 11.8. The van der Waals surface area contributed by atoms with Gasteiger partial charge in [0.15, 0.2) is 0 Å². The van der Waals surface area contributed by atoms with Crippen molar-refractivity contribution in [3.8, 4) is 0 Å². The second kappa shape index (κ2) is 7.99. The highest BCUT2D eigenvalue weighted by molar-refractivity contribution is 7.81. The first-order chi connectivity index (χ1) is 6.95. The zero-order valence-corrected chi connectivity index (χ0v) is 10.9. The van der Waals surface area contributed by atoms with Crippen molar-refractivity contribution < 1.29 is 14.3 Å². The van der Waals surface area contributed by atoms with Gasteiger partial charge in [-0.1, -0.05) is 27.7 Å². The minimum atomic E-state index is -0.338. The molecule has 15 heavy (non-hydrogen) atoms. The highest BCUT2D eigenvalue weighted by atomic mass is 32.1. The summed E-state index contributed by atoms with van der Waals surface area (Å²) >= 11 is 4.16. The van der Waals surface area contributed by atoms with Gasteiger partial charge in [-0.15, -0.1) is 0 Å². The standard InChI is InChI=1S/C11H22O3S/c1-8(2)7-13-5-6-14-11(12)10(15)9(3)4/h8-10,15H,5-7H2,1-4H3. The topological polar surface area (TPSA) is 35.5 Å². The molecule has 90 valence electrons. The summed E-state index contributed by atoms with van der Waals surface area (Å²) in [6.07, 6.45) is 0. The van der Waals surface area contributed by atoms with E-state index in [0.717, 1.165) is 0 Å². The van der Waals surface area contributed by atoms with Crippen molar-refractivity contribution >= 4 is 18.6 Å². The smallest absolute Gasteiger partial charge is 0.319 e. The van der Waals surface area contributed by atoms with E-state index in [9.17, 15) is 4.79 Å². The van der Waals surface area contributed by atoms with Gasteiger partial charge >= 0.3 is 5.97 Å². The third-order valence-electron chi connectivity index (χ3n) is 1.80. The van der Waals surface area contributed by atoms with E-state index < -0.39 is 0 Å². The first-order valence-electron chi connectivity index (χ1n) is 5.37. The van der Waals surface area contributed by atoms with Crippen molar-refractivity contribution in [2.45, 2.75) is 32.9 Å². The number of carbonyl (C=O) groups is 1. The summed E-state index contributed by atoms with van der Waals surface area (Å²) in [5, 5.41) is -0.338. The van der Waals surface area contributed by atoms with Crippen LogP contribution < -0.4 is 0 Å². The number of esters is 1. The Labute approximate surface area is 97.9 Å². The summed E-state index contributed by atoms with van der Waals surface area (Å²) in [6.45, 7) is 9.51. The number of hydrogen-bond donors (Lipinski definition) is 1. The molecular weight excluding hydrogens is 212 g/mol. The normalized spacial score (nSPS) is 13.3. The fraction of sp³-hybridized carbons (Fsp3) is 0.909. The summed E-state index contributed by atoms with van der Waals surface area (Å²) in [5.41, 5.74) is 0. The molecule has 0 spiro atoms. The van der Waals surface area contributed by atoms with Gasteiger partial charge in [0.25, 0.3) is 0 Å². The van der Waals surface area contributed by atoms with Crippen molar-refractivity contribution in [3.63, 3.8) is 0 Å². The molecule has 0 N–H and O–H groups in total. The molecule has 0 aromatic carbocycles. The Morgan fingerprint density at radius 2 is 1.80 bits per heavy atom. The van der Waals surface area contributed by atoms with Gasteiger partial charge in [-0.3, -0.25) is 4.79 Å². The Morgan fingerprint density at radius 1 is 1.20 bits per heavy atom. The minimum Gasteiger partial charge on any atom is -0.462 e. The molecule has 0 heterocycles. The van der Waals surface area contributed by atoms with E-state index in [1.165, 1.54) is 0 Å². The Balaban J connectivity index is 3.47. The maximum Gasteiger partial charge on any atom is 0.319 e. The lowest BCUT2D eigenvalue weighted by molar-refractivity contribution is -0.145. The molecule has 0 rings (SSSR count). The van der Waals surface area contributed by atoms with Crippen molar-refractivity contribution in [1.29, 1.82) is 0 Å². The molecule has 0 saturated heterocycles. The van der Waals surface area contributed by atoms with E-state index in [1.807, 2.05) is 13.8 Å². The van der Waals surface area contributed by atoms with Crippen LogP contribution in [0.1, 0.15) is 27.7 Å². The number of rotatable bonds is 7. The van der Waals surface area contributed by atoms with Crippen LogP contribution in [0.3, 0.4) is 0 Å². The van der Waals surface area contributed by atoms with Crippen LogP contribution >= 0.6 is 12.6 Å². The fourth-order valence-corrected chi connectivity index (χ4v) is 0.952. The molecule has 0 radical (unpaired) electrons. The number of ether oxygens (including phenoxy) is 2. The lowest BCUT2D eigenvalue weighted by atomic mass is 10.1. The second-order valence-electron chi connectivity index (χ2n) is 4.33. The van der Waals surface area contributed by atoms with Gasteiger partial charge < -0.3 is 9.47 Å². The van der Waals surface area contributed by atoms with Crippen LogP contribution in [0, 0.1) is 11.8 Å². The van der Waals surface area contributed by atoms with Crippen LogP contribution in [0.4, 0.5) is 0 Å². The predicted molar refractivity (Wildman–Crippen MR) is 64.2 cm³/mol. The number of thiol groups is 1. The van der Waals surface area contributed by atoms with Crippen molar-refractivity contribution in [2.75, 3.05) is 19.8 Å². The first kappa shape index (κ1) is 14.8. The molecule has 1 atom stereocenters. The highest BCUT2D eigenvalue weighted by Gasteiger charge is 2.18. The molecule has 0 aromatic heterocycles. The van der Waals surface area contributed by atoms with E-state index in [-0.39, 0.29) is 17.1 Å². The Morgan fingerprint density at radius 3 is 2.27 bits per heavy atom. The average Bonchev–Trinajstić information content (AvgIpc) is 2.15. The van der Waals surface area contributed by atoms with E-state index in [4.69, 9.17) is 9.47 Å². The summed E-state index contributed by atoms with van der Waals surface area (Å²) < 4.78 is 10.3. The van der Waals surface area contributed by atoms with Crippen molar-refractivity contribution in [3.05, 3.63) is 0 Å². The summed E-state index contributed by atoms with van der Waals surface area (Å²) in [6, 6.07) is 0. The third-order valence-corrected chi connectivity index (χ3v) is 2.60. The maximum atomic E-state index is 11.3. The Hall–Kier alpha value is -0.220. The highest BCUT2D eigenvalue weighted by Crippen LogP contribution is 2.10. The first-order valence-corrected chi connectivity index (χ1v) is 5.89. The monoisotopic (exact) mass is 234 g/mol. The zero-order valence-electron chi connectivity index (χ0n) is 10.0. The fourth-order valence-electron chi connectivity index (χ4n) is 0.878. The third kappa shape index (κ3) is 7.68. The van der Waals surface area contributed by atoms with Gasteiger partial charge in [-0.25, -0.2) is 0 Å².